The molecular formula is C12H20O5. The van der Waals surface area contributed by atoms with Crippen molar-refractivity contribution in [3.05, 3.63) is 0 Å². The van der Waals surface area contributed by atoms with E-state index < -0.39 is 11.4 Å². The monoisotopic (exact) mass is 244 g/mol. The predicted molar refractivity (Wildman–Crippen MR) is 58.4 cm³/mol. The maximum Gasteiger partial charge on any atom is 0.163 e. The van der Waals surface area contributed by atoms with Crippen LogP contribution in [0.1, 0.15) is 33.1 Å². The van der Waals surface area contributed by atoms with Crippen LogP contribution in [0.4, 0.5) is 0 Å². The van der Waals surface area contributed by atoms with Crippen LogP contribution in [0.25, 0.3) is 0 Å². The van der Waals surface area contributed by atoms with E-state index in [4.69, 9.17) is 19.3 Å². The third-order valence-electron chi connectivity index (χ3n) is 4.03. The minimum Gasteiger partial charge on any atom is -0.396 e. The number of fused-ring (bicyclic) bond motifs is 4. The van der Waals surface area contributed by atoms with E-state index in [0.717, 1.165) is 0 Å². The van der Waals surface area contributed by atoms with Crippen molar-refractivity contribution in [1.29, 1.82) is 0 Å². The van der Waals surface area contributed by atoms with Crippen LogP contribution < -0.4 is 0 Å². The first kappa shape index (κ1) is 11.9. The van der Waals surface area contributed by atoms with Gasteiger partial charge in [0.2, 0.25) is 0 Å². The van der Waals surface area contributed by atoms with Crippen molar-refractivity contribution >= 4 is 0 Å². The van der Waals surface area contributed by atoms with E-state index in [2.05, 4.69) is 0 Å². The maximum absolute atomic E-state index is 10.6. The van der Waals surface area contributed by atoms with E-state index in [1.807, 2.05) is 13.8 Å². The van der Waals surface area contributed by atoms with Crippen molar-refractivity contribution in [2.24, 2.45) is 0 Å². The summed E-state index contributed by atoms with van der Waals surface area (Å²) in [6.45, 7) is 3.80. The molecule has 17 heavy (non-hydrogen) atoms. The molecule has 2 N–H and O–H groups in total. The Bertz CT molecular complexity index is 318. The van der Waals surface area contributed by atoms with Gasteiger partial charge in [0.05, 0.1) is 23.9 Å². The summed E-state index contributed by atoms with van der Waals surface area (Å²) >= 11 is 0. The molecular weight excluding hydrogens is 224 g/mol. The van der Waals surface area contributed by atoms with Gasteiger partial charge >= 0.3 is 0 Å². The lowest BCUT2D eigenvalue weighted by atomic mass is 9.79. The topological polar surface area (TPSA) is 68.2 Å². The van der Waals surface area contributed by atoms with Gasteiger partial charge in [0.25, 0.3) is 0 Å². The van der Waals surface area contributed by atoms with Crippen molar-refractivity contribution in [2.75, 3.05) is 6.61 Å². The van der Waals surface area contributed by atoms with Crippen LogP contribution in [0, 0.1) is 0 Å². The summed E-state index contributed by atoms with van der Waals surface area (Å²) in [5, 5.41) is 19.6. The van der Waals surface area contributed by atoms with E-state index in [1.54, 1.807) is 0 Å². The fourth-order valence-corrected chi connectivity index (χ4v) is 3.41. The summed E-state index contributed by atoms with van der Waals surface area (Å²) < 4.78 is 17.5. The van der Waals surface area contributed by atoms with Gasteiger partial charge in [0.1, 0.15) is 6.10 Å². The largest absolute Gasteiger partial charge is 0.396 e. The molecule has 2 saturated heterocycles. The molecule has 3 aliphatic rings. The molecule has 0 radical (unpaired) electrons. The normalized spacial score (nSPS) is 51.5. The number of hydrogen-bond donors (Lipinski definition) is 2. The second kappa shape index (κ2) is 3.65. The molecule has 5 heteroatoms. The van der Waals surface area contributed by atoms with Gasteiger partial charge in [0.15, 0.2) is 5.79 Å². The van der Waals surface area contributed by atoms with Crippen molar-refractivity contribution in [3.8, 4) is 0 Å². The SMILES string of the molecule is CC1(C)O[C@@H]2C3C[C@@](O)(C[C@H]2O1)[C@H](CCO)O3. The summed E-state index contributed by atoms with van der Waals surface area (Å²) in [6, 6.07) is 0. The summed E-state index contributed by atoms with van der Waals surface area (Å²) in [6.07, 6.45) is 0.984. The molecule has 1 saturated carbocycles. The molecule has 0 aromatic carbocycles. The Labute approximate surface area is 101 Å². The Morgan fingerprint density at radius 1 is 1.18 bits per heavy atom. The van der Waals surface area contributed by atoms with Gasteiger partial charge in [-0.2, -0.15) is 0 Å². The lowest BCUT2D eigenvalue weighted by Crippen LogP contribution is -2.48. The highest BCUT2D eigenvalue weighted by Crippen LogP contribution is 2.48. The zero-order valence-corrected chi connectivity index (χ0v) is 10.3. The number of hydrogen-bond acceptors (Lipinski definition) is 5. The van der Waals surface area contributed by atoms with Crippen LogP contribution in [-0.4, -0.2) is 52.6 Å². The highest BCUT2D eigenvalue weighted by molar-refractivity contribution is 5.08. The van der Waals surface area contributed by atoms with Crippen LogP contribution in [0.15, 0.2) is 0 Å². The van der Waals surface area contributed by atoms with Crippen molar-refractivity contribution in [1.82, 2.24) is 0 Å². The maximum atomic E-state index is 10.6. The molecule has 1 aliphatic carbocycles. The van der Waals surface area contributed by atoms with Crippen LogP contribution in [0.3, 0.4) is 0 Å². The fraction of sp³-hybridized carbons (Fsp3) is 1.00. The molecule has 0 aromatic heterocycles. The second-order valence-corrected chi connectivity index (χ2v) is 5.83. The summed E-state index contributed by atoms with van der Waals surface area (Å²) in [5.74, 6) is -0.591. The summed E-state index contributed by atoms with van der Waals surface area (Å²) in [4.78, 5) is 0. The molecule has 98 valence electrons. The van der Waals surface area contributed by atoms with Crippen LogP contribution >= 0.6 is 0 Å². The Kier molecular flexibility index (Phi) is 2.55. The van der Waals surface area contributed by atoms with Crippen molar-refractivity contribution in [2.45, 2.75) is 68.9 Å². The predicted octanol–water partition coefficient (Wildman–Crippen LogP) is 0.181. The molecule has 0 aromatic rings. The summed E-state index contributed by atoms with van der Waals surface area (Å²) in [7, 11) is 0. The van der Waals surface area contributed by atoms with Gasteiger partial charge in [-0.15, -0.1) is 0 Å². The number of rotatable bonds is 2. The van der Waals surface area contributed by atoms with E-state index in [9.17, 15) is 5.11 Å². The molecule has 5 atom stereocenters. The molecule has 5 nitrogen and oxygen atoms in total. The Morgan fingerprint density at radius 3 is 2.59 bits per heavy atom. The van der Waals surface area contributed by atoms with Gasteiger partial charge in [-0.05, 0) is 20.3 Å². The molecule has 3 rings (SSSR count). The van der Waals surface area contributed by atoms with E-state index in [0.29, 0.717) is 19.3 Å². The van der Waals surface area contributed by atoms with Crippen LogP contribution in [0.5, 0.6) is 0 Å². The zero-order chi connectivity index (χ0) is 12.3. The third-order valence-corrected chi connectivity index (χ3v) is 4.03. The molecule has 0 amide bonds. The first-order valence-corrected chi connectivity index (χ1v) is 6.28. The first-order valence-electron chi connectivity index (χ1n) is 6.28. The smallest absolute Gasteiger partial charge is 0.163 e. The Morgan fingerprint density at radius 2 is 1.88 bits per heavy atom. The number of aliphatic hydroxyl groups excluding tert-OH is 1. The van der Waals surface area contributed by atoms with Crippen LogP contribution in [0.2, 0.25) is 0 Å². The van der Waals surface area contributed by atoms with Gasteiger partial charge in [-0.1, -0.05) is 0 Å². The highest BCUT2D eigenvalue weighted by atomic mass is 16.8. The fourth-order valence-electron chi connectivity index (χ4n) is 3.41. The molecule has 1 unspecified atom stereocenters. The quantitative estimate of drug-likeness (QED) is 0.725. The van der Waals surface area contributed by atoms with Crippen molar-refractivity contribution in [3.63, 3.8) is 0 Å². The van der Waals surface area contributed by atoms with Gasteiger partial charge in [-0.25, -0.2) is 0 Å². The molecule has 3 fully saturated rings. The average molecular weight is 244 g/mol. The van der Waals surface area contributed by atoms with Crippen LogP contribution in [-0.2, 0) is 14.2 Å². The van der Waals surface area contributed by atoms with Gasteiger partial charge < -0.3 is 24.4 Å². The minimum absolute atomic E-state index is 0.0300. The van der Waals surface area contributed by atoms with E-state index in [-0.39, 0.29) is 31.0 Å². The standard InChI is InChI=1S/C12H20O5/c1-11(2)16-8-6-12(14)5-7(10(8)17-11)15-9(12)3-4-13/h7-10,13-14H,3-6H2,1-2H3/t7?,8-,9+,10-,12-/m1/s1. The zero-order valence-electron chi connectivity index (χ0n) is 10.3. The van der Waals surface area contributed by atoms with Gasteiger partial charge in [0, 0.05) is 19.4 Å². The Hall–Kier alpha value is -0.200. The first-order chi connectivity index (χ1) is 7.93. The third kappa shape index (κ3) is 1.81. The van der Waals surface area contributed by atoms with E-state index in [1.165, 1.54) is 0 Å². The average Bonchev–Trinajstić information content (AvgIpc) is 2.64. The van der Waals surface area contributed by atoms with Crippen molar-refractivity contribution < 1.29 is 24.4 Å². The van der Waals surface area contributed by atoms with Gasteiger partial charge in [-0.3, -0.25) is 0 Å². The molecule has 2 bridgehead atoms. The molecule has 0 spiro atoms. The second-order valence-electron chi connectivity index (χ2n) is 5.83. The minimum atomic E-state index is -0.863. The Balaban J connectivity index is 1.80. The summed E-state index contributed by atoms with van der Waals surface area (Å²) in [5.41, 5.74) is -0.863. The van der Waals surface area contributed by atoms with E-state index >= 15 is 0 Å². The lowest BCUT2D eigenvalue weighted by Gasteiger charge is -2.34. The highest BCUT2D eigenvalue weighted by Gasteiger charge is 2.61. The lowest BCUT2D eigenvalue weighted by molar-refractivity contribution is -0.165. The molecule has 2 heterocycles. The number of ether oxygens (including phenoxy) is 3. The number of aliphatic hydroxyl groups is 2. The molecule has 2 aliphatic heterocycles.